The first-order chi connectivity index (χ1) is 13.8. The van der Waals surface area contributed by atoms with Gasteiger partial charge in [-0.3, -0.25) is 9.59 Å². The van der Waals surface area contributed by atoms with Crippen LogP contribution in [0, 0.1) is 6.92 Å². The van der Waals surface area contributed by atoms with Crippen LogP contribution in [0.3, 0.4) is 0 Å². The van der Waals surface area contributed by atoms with Crippen LogP contribution in [-0.4, -0.2) is 35.9 Å². The van der Waals surface area contributed by atoms with E-state index in [9.17, 15) is 9.59 Å². The summed E-state index contributed by atoms with van der Waals surface area (Å²) < 4.78 is 5.88. The molecule has 29 heavy (non-hydrogen) atoms. The summed E-state index contributed by atoms with van der Waals surface area (Å²) >= 11 is 0. The maximum atomic E-state index is 13.1. The van der Waals surface area contributed by atoms with Crippen LogP contribution >= 0.6 is 0 Å². The van der Waals surface area contributed by atoms with Gasteiger partial charge in [-0.2, -0.15) is 0 Å². The lowest BCUT2D eigenvalue weighted by molar-refractivity contribution is -0.142. The number of hydrogen-bond donors (Lipinski definition) is 1. The van der Waals surface area contributed by atoms with Gasteiger partial charge in [0.1, 0.15) is 11.8 Å². The topological polar surface area (TPSA) is 58.6 Å². The maximum Gasteiger partial charge on any atom is 0.261 e. The van der Waals surface area contributed by atoms with Crippen molar-refractivity contribution < 1.29 is 14.3 Å². The molecule has 2 aromatic carbocycles. The van der Waals surface area contributed by atoms with E-state index in [0.29, 0.717) is 24.8 Å². The summed E-state index contributed by atoms with van der Waals surface area (Å²) in [4.78, 5) is 27.1. The number of ether oxygens (including phenoxy) is 1. The molecule has 5 nitrogen and oxygen atoms in total. The Morgan fingerprint density at radius 1 is 1.03 bits per heavy atom. The Bertz CT molecular complexity index is 832. The van der Waals surface area contributed by atoms with Crippen LogP contribution in [0.25, 0.3) is 0 Å². The molecule has 0 aromatic heterocycles. The highest BCUT2D eigenvalue weighted by Gasteiger charge is 2.26. The molecule has 0 fully saturated rings. The van der Waals surface area contributed by atoms with Crippen molar-refractivity contribution in [3.05, 3.63) is 65.2 Å². The molecule has 2 aromatic rings. The fraction of sp³-hybridized carbons (Fsp3) is 0.417. The molecule has 156 valence electrons. The van der Waals surface area contributed by atoms with Crippen molar-refractivity contribution in [2.75, 3.05) is 13.2 Å². The van der Waals surface area contributed by atoms with Gasteiger partial charge in [-0.15, -0.1) is 0 Å². The molecule has 0 aliphatic rings. The van der Waals surface area contributed by atoms with Gasteiger partial charge in [-0.1, -0.05) is 56.3 Å². The Kier molecular flexibility index (Phi) is 8.25. The van der Waals surface area contributed by atoms with Gasteiger partial charge in [0.15, 0.2) is 6.61 Å². The van der Waals surface area contributed by atoms with Crippen molar-refractivity contribution in [1.29, 1.82) is 0 Å². The second-order valence-electron chi connectivity index (χ2n) is 7.50. The minimum atomic E-state index is -0.592. The Hall–Kier alpha value is -2.82. The minimum Gasteiger partial charge on any atom is -0.483 e. The number of nitrogens with zero attached hydrogens (tertiary/aromatic N) is 1. The second kappa shape index (κ2) is 10.6. The van der Waals surface area contributed by atoms with E-state index in [1.54, 1.807) is 11.8 Å². The molecule has 0 aliphatic carbocycles. The molecule has 1 atom stereocenters. The van der Waals surface area contributed by atoms with E-state index in [4.69, 9.17) is 4.74 Å². The molecule has 0 saturated heterocycles. The molecular weight excluding hydrogens is 364 g/mol. The lowest BCUT2D eigenvalue weighted by Gasteiger charge is -2.29. The number of rotatable bonds is 9. The number of nitrogens with one attached hydrogen (secondary N) is 1. The van der Waals surface area contributed by atoms with Crippen LogP contribution in [0.1, 0.15) is 50.3 Å². The van der Waals surface area contributed by atoms with Gasteiger partial charge in [-0.25, -0.2) is 0 Å². The van der Waals surface area contributed by atoms with Gasteiger partial charge in [0, 0.05) is 13.1 Å². The summed E-state index contributed by atoms with van der Waals surface area (Å²) in [6.07, 6.45) is 0. The van der Waals surface area contributed by atoms with Crippen molar-refractivity contribution in [2.24, 2.45) is 0 Å². The van der Waals surface area contributed by atoms with Crippen LogP contribution in [0.15, 0.2) is 48.5 Å². The molecule has 0 saturated carbocycles. The number of benzene rings is 2. The molecule has 0 spiro atoms. The van der Waals surface area contributed by atoms with Gasteiger partial charge in [-0.05, 0) is 49.4 Å². The summed E-state index contributed by atoms with van der Waals surface area (Å²) in [5.41, 5.74) is 3.15. The minimum absolute atomic E-state index is 0.112. The van der Waals surface area contributed by atoms with Crippen molar-refractivity contribution in [2.45, 2.75) is 53.1 Å². The van der Waals surface area contributed by atoms with Gasteiger partial charge < -0.3 is 15.0 Å². The normalized spacial score (nSPS) is 11.8. The highest BCUT2D eigenvalue weighted by molar-refractivity contribution is 5.88. The van der Waals surface area contributed by atoms with Crippen molar-refractivity contribution >= 4 is 11.8 Å². The Morgan fingerprint density at radius 3 is 2.34 bits per heavy atom. The molecule has 0 bridgehead atoms. The first-order valence-electron chi connectivity index (χ1n) is 10.2. The summed E-state index contributed by atoms with van der Waals surface area (Å²) in [5.74, 6) is 0.610. The number of hydrogen-bond acceptors (Lipinski definition) is 3. The van der Waals surface area contributed by atoms with Crippen molar-refractivity contribution in [3.8, 4) is 5.75 Å². The SMILES string of the molecule is CCNC(=O)C(C)N(Cc1ccccc1C)C(=O)COc1ccccc1C(C)C. The molecular formula is C24H32N2O3. The quantitative estimate of drug-likeness (QED) is 0.696. The highest BCUT2D eigenvalue weighted by atomic mass is 16.5. The standard InChI is InChI=1S/C24H32N2O3/c1-6-25-24(28)19(5)26(15-20-12-8-7-11-18(20)4)23(27)16-29-22-14-10-9-13-21(22)17(2)3/h7-14,17,19H,6,15-16H2,1-5H3,(H,25,28). The van der Waals surface area contributed by atoms with E-state index in [2.05, 4.69) is 19.2 Å². The van der Waals surface area contributed by atoms with Crippen LogP contribution in [0.2, 0.25) is 0 Å². The van der Waals surface area contributed by atoms with E-state index in [1.165, 1.54) is 0 Å². The van der Waals surface area contributed by atoms with Crippen LogP contribution in [-0.2, 0) is 16.1 Å². The molecule has 0 aliphatic heterocycles. The third-order valence-corrected chi connectivity index (χ3v) is 5.01. The van der Waals surface area contributed by atoms with Crippen LogP contribution < -0.4 is 10.1 Å². The fourth-order valence-electron chi connectivity index (χ4n) is 3.19. The molecule has 2 amide bonds. The van der Waals surface area contributed by atoms with Crippen molar-refractivity contribution in [1.82, 2.24) is 10.2 Å². The summed E-state index contributed by atoms with van der Waals surface area (Å²) in [7, 11) is 0. The second-order valence-corrected chi connectivity index (χ2v) is 7.50. The zero-order valence-electron chi connectivity index (χ0n) is 18.1. The molecule has 1 unspecified atom stereocenters. The third-order valence-electron chi connectivity index (χ3n) is 5.01. The zero-order chi connectivity index (χ0) is 21.4. The van der Waals surface area contributed by atoms with Crippen molar-refractivity contribution in [3.63, 3.8) is 0 Å². The molecule has 0 radical (unpaired) electrons. The lowest BCUT2D eigenvalue weighted by atomic mass is 10.0. The third kappa shape index (κ3) is 6.08. The highest BCUT2D eigenvalue weighted by Crippen LogP contribution is 2.26. The number of aryl methyl sites for hydroxylation is 1. The number of carbonyl (C=O) groups excluding carboxylic acids is 2. The largest absolute Gasteiger partial charge is 0.483 e. The van der Waals surface area contributed by atoms with E-state index < -0.39 is 6.04 Å². The van der Waals surface area contributed by atoms with Gasteiger partial charge in [0.25, 0.3) is 5.91 Å². The van der Waals surface area contributed by atoms with Gasteiger partial charge >= 0.3 is 0 Å². The number of carbonyl (C=O) groups is 2. The lowest BCUT2D eigenvalue weighted by Crippen LogP contribution is -2.49. The molecule has 1 N–H and O–H groups in total. The Labute approximate surface area is 174 Å². The van der Waals surface area contributed by atoms with E-state index in [0.717, 1.165) is 16.7 Å². The van der Waals surface area contributed by atoms with Crippen LogP contribution in [0.5, 0.6) is 5.75 Å². The molecule has 5 heteroatoms. The smallest absolute Gasteiger partial charge is 0.261 e. The Balaban J connectivity index is 2.20. The zero-order valence-corrected chi connectivity index (χ0v) is 18.1. The number of para-hydroxylation sites is 1. The number of likely N-dealkylation sites (N-methyl/N-ethyl adjacent to an activating group) is 1. The average molecular weight is 397 g/mol. The van der Waals surface area contributed by atoms with Gasteiger partial charge in [0.05, 0.1) is 0 Å². The first-order valence-corrected chi connectivity index (χ1v) is 10.2. The maximum absolute atomic E-state index is 13.1. The molecule has 2 rings (SSSR count). The van der Waals surface area contributed by atoms with E-state index in [-0.39, 0.29) is 18.4 Å². The average Bonchev–Trinajstić information content (AvgIpc) is 2.71. The first kappa shape index (κ1) is 22.5. The summed E-state index contributed by atoms with van der Waals surface area (Å²) in [6, 6.07) is 15.0. The predicted molar refractivity (Wildman–Crippen MR) is 116 cm³/mol. The fourth-order valence-corrected chi connectivity index (χ4v) is 3.19. The predicted octanol–water partition coefficient (Wildman–Crippen LogP) is 4.05. The van der Waals surface area contributed by atoms with Gasteiger partial charge in [0.2, 0.25) is 5.91 Å². The van der Waals surface area contributed by atoms with E-state index in [1.807, 2.05) is 62.4 Å². The monoisotopic (exact) mass is 396 g/mol. The number of amides is 2. The van der Waals surface area contributed by atoms with Crippen LogP contribution in [0.4, 0.5) is 0 Å². The summed E-state index contributed by atoms with van der Waals surface area (Å²) in [6.45, 7) is 10.6. The van der Waals surface area contributed by atoms with E-state index >= 15 is 0 Å². The summed E-state index contributed by atoms with van der Waals surface area (Å²) in [5, 5.41) is 2.81. The molecule has 0 heterocycles. The Morgan fingerprint density at radius 2 is 1.69 bits per heavy atom.